The number of benzene rings is 1. The molecule has 2 saturated heterocycles. The van der Waals surface area contributed by atoms with Crippen LogP contribution < -0.4 is 4.90 Å². The number of hydrogen-bond donors (Lipinski definition) is 1. The second-order valence-electron chi connectivity index (χ2n) is 6.42. The number of rotatable bonds is 1. The first-order valence-electron chi connectivity index (χ1n) is 7.85. The molecule has 3 rings (SSSR count). The molecule has 0 unspecified atom stereocenters. The molecule has 2 heterocycles. The van der Waals surface area contributed by atoms with E-state index in [1.54, 1.807) is 0 Å². The van der Waals surface area contributed by atoms with Gasteiger partial charge in [0, 0.05) is 12.2 Å². The van der Waals surface area contributed by atoms with Gasteiger partial charge < -0.3 is 10.0 Å². The number of alkyl halides is 6. The van der Waals surface area contributed by atoms with Gasteiger partial charge in [0.15, 0.2) is 6.04 Å². The summed E-state index contributed by atoms with van der Waals surface area (Å²) in [6.07, 6.45) is -11.4. The van der Waals surface area contributed by atoms with E-state index in [-0.39, 0.29) is 17.9 Å². The third-order valence-electron chi connectivity index (χ3n) is 4.91. The summed E-state index contributed by atoms with van der Waals surface area (Å²) >= 11 is 0. The van der Waals surface area contributed by atoms with Crippen molar-refractivity contribution in [2.75, 3.05) is 11.4 Å². The highest BCUT2D eigenvalue weighted by Crippen LogP contribution is 2.45. The number of aliphatic hydroxyl groups is 1. The zero-order valence-electron chi connectivity index (χ0n) is 13.8. The van der Waals surface area contributed by atoms with Gasteiger partial charge in [0.25, 0.3) is 0 Å². The molecule has 0 saturated carbocycles. The maximum Gasteiger partial charge on any atom is 0.418 e. The van der Waals surface area contributed by atoms with Crippen LogP contribution in [0.5, 0.6) is 0 Å². The largest absolute Gasteiger partial charge is 0.418 e. The first-order chi connectivity index (χ1) is 12.4. The average Bonchev–Trinajstić information content (AvgIpc) is 3.04. The summed E-state index contributed by atoms with van der Waals surface area (Å²) in [5, 5.41) is 18.8. The number of aliphatic hydroxyl groups excluding tert-OH is 1. The van der Waals surface area contributed by atoms with Gasteiger partial charge in [0.05, 0.1) is 29.3 Å². The van der Waals surface area contributed by atoms with Crippen molar-refractivity contribution in [2.45, 2.75) is 43.9 Å². The summed E-state index contributed by atoms with van der Waals surface area (Å²) in [5.41, 5.74) is -3.38. The molecule has 2 aliphatic rings. The van der Waals surface area contributed by atoms with Gasteiger partial charge in [-0.3, -0.25) is 4.90 Å². The number of anilines is 1. The third-order valence-corrected chi connectivity index (χ3v) is 4.91. The van der Waals surface area contributed by atoms with Gasteiger partial charge in [0.1, 0.15) is 0 Å². The number of hydrogen-bond acceptors (Lipinski definition) is 3. The Bertz CT molecular complexity index is 829. The van der Waals surface area contributed by atoms with E-state index < -0.39 is 58.9 Å². The Kier molecular flexibility index (Phi) is 4.30. The quantitative estimate of drug-likeness (QED) is 0.746. The Labute approximate surface area is 149 Å². The van der Waals surface area contributed by atoms with Crippen LogP contribution in [0.2, 0.25) is 0 Å². The van der Waals surface area contributed by atoms with Crippen molar-refractivity contribution in [3.63, 3.8) is 0 Å². The molecule has 146 valence electrons. The molecule has 2 amide bonds. The Morgan fingerprint density at radius 3 is 2.37 bits per heavy atom. The highest BCUT2D eigenvalue weighted by atomic mass is 19.4. The SMILES string of the molecule is Cc1c(N2C(=O)N3CC[C@@H](O)[C@H]3[C@H]2C(F)(F)F)ccc(C#N)c1C(F)(F)F. The summed E-state index contributed by atoms with van der Waals surface area (Å²) in [6.45, 7) is 0.786. The van der Waals surface area contributed by atoms with Crippen molar-refractivity contribution in [3.05, 3.63) is 28.8 Å². The van der Waals surface area contributed by atoms with Gasteiger partial charge in [-0.2, -0.15) is 31.6 Å². The Morgan fingerprint density at radius 1 is 1.22 bits per heavy atom. The minimum absolute atomic E-state index is 0.0447. The van der Waals surface area contributed by atoms with Crippen LogP contribution in [0.1, 0.15) is 23.1 Å². The number of carbonyl (C=O) groups excluding carboxylic acids is 1. The van der Waals surface area contributed by atoms with Gasteiger partial charge in [-0.05, 0) is 31.0 Å². The van der Waals surface area contributed by atoms with E-state index >= 15 is 0 Å². The molecule has 0 radical (unpaired) electrons. The topological polar surface area (TPSA) is 67.6 Å². The van der Waals surface area contributed by atoms with Gasteiger partial charge in [-0.1, -0.05) is 0 Å². The highest BCUT2D eigenvalue weighted by Gasteiger charge is 2.63. The molecule has 2 fully saturated rings. The number of fused-ring (bicyclic) bond motifs is 1. The van der Waals surface area contributed by atoms with Crippen LogP contribution in [0, 0.1) is 18.3 Å². The number of nitrogens with zero attached hydrogens (tertiary/aromatic N) is 3. The fourth-order valence-corrected chi connectivity index (χ4v) is 3.83. The summed E-state index contributed by atoms with van der Waals surface area (Å²) < 4.78 is 81.1. The highest BCUT2D eigenvalue weighted by molar-refractivity contribution is 5.97. The Balaban J connectivity index is 2.21. The molecule has 0 spiro atoms. The zero-order chi connectivity index (χ0) is 20.3. The minimum Gasteiger partial charge on any atom is -0.391 e. The molecule has 1 aromatic carbocycles. The van der Waals surface area contributed by atoms with Gasteiger partial charge in [-0.15, -0.1) is 0 Å². The lowest BCUT2D eigenvalue weighted by atomic mass is 9.97. The van der Waals surface area contributed by atoms with Crippen LogP contribution in [0.3, 0.4) is 0 Å². The normalized spacial score (nSPS) is 25.7. The number of halogens is 6. The number of amides is 2. The number of nitriles is 1. The number of urea groups is 1. The second-order valence-corrected chi connectivity index (χ2v) is 6.42. The smallest absolute Gasteiger partial charge is 0.391 e. The third kappa shape index (κ3) is 2.88. The molecule has 0 aliphatic carbocycles. The zero-order valence-corrected chi connectivity index (χ0v) is 13.8. The molecule has 1 aromatic rings. The molecule has 1 N–H and O–H groups in total. The van der Waals surface area contributed by atoms with E-state index in [4.69, 9.17) is 5.26 Å². The lowest BCUT2D eigenvalue weighted by Crippen LogP contribution is -2.51. The summed E-state index contributed by atoms with van der Waals surface area (Å²) in [5.74, 6) is 0. The van der Waals surface area contributed by atoms with E-state index in [2.05, 4.69) is 0 Å². The van der Waals surface area contributed by atoms with Crippen molar-refractivity contribution in [1.82, 2.24) is 4.90 Å². The minimum atomic E-state index is -4.99. The molecule has 0 bridgehead atoms. The Morgan fingerprint density at radius 2 is 1.85 bits per heavy atom. The van der Waals surface area contributed by atoms with E-state index in [0.717, 1.165) is 24.0 Å². The van der Waals surface area contributed by atoms with Crippen molar-refractivity contribution >= 4 is 11.7 Å². The molecule has 11 heteroatoms. The summed E-state index contributed by atoms with van der Waals surface area (Å²) in [7, 11) is 0. The summed E-state index contributed by atoms with van der Waals surface area (Å²) in [4.78, 5) is 13.6. The first-order valence-corrected chi connectivity index (χ1v) is 7.85. The second kappa shape index (κ2) is 6.02. The van der Waals surface area contributed by atoms with E-state index in [0.29, 0.717) is 0 Å². The molecular weight excluding hydrogens is 380 g/mol. The predicted molar refractivity (Wildman–Crippen MR) is 79.7 cm³/mol. The van der Waals surface area contributed by atoms with Crippen molar-refractivity contribution in [3.8, 4) is 6.07 Å². The lowest BCUT2D eigenvalue weighted by molar-refractivity contribution is -0.156. The first kappa shape index (κ1) is 19.3. The van der Waals surface area contributed by atoms with Crippen LogP contribution in [0.4, 0.5) is 36.8 Å². The number of carbonyl (C=O) groups is 1. The van der Waals surface area contributed by atoms with Crippen molar-refractivity contribution in [2.24, 2.45) is 0 Å². The average molecular weight is 393 g/mol. The van der Waals surface area contributed by atoms with Crippen LogP contribution in [0.15, 0.2) is 12.1 Å². The summed E-state index contributed by atoms with van der Waals surface area (Å²) in [6, 6.07) is -2.21. The maximum absolute atomic E-state index is 13.7. The van der Waals surface area contributed by atoms with Gasteiger partial charge >= 0.3 is 18.4 Å². The van der Waals surface area contributed by atoms with Crippen molar-refractivity contribution in [1.29, 1.82) is 5.26 Å². The van der Waals surface area contributed by atoms with Crippen LogP contribution in [0.25, 0.3) is 0 Å². The molecule has 3 atom stereocenters. The standard InChI is InChI=1S/C16H13F6N3O2/c1-7-9(3-2-8(6-23)11(7)15(17,18)19)25-13(16(20,21)22)12-10(26)4-5-24(12)14(25)27/h2-3,10,12-13,26H,4-5H2,1H3/t10-,12+,13+/m1/s1. The lowest BCUT2D eigenvalue weighted by Gasteiger charge is -2.31. The van der Waals surface area contributed by atoms with Gasteiger partial charge in [-0.25, -0.2) is 4.79 Å². The van der Waals surface area contributed by atoms with Crippen molar-refractivity contribution < 1.29 is 36.2 Å². The van der Waals surface area contributed by atoms with Crippen LogP contribution >= 0.6 is 0 Å². The molecule has 27 heavy (non-hydrogen) atoms. The predicted octanol–water partition coefficient (Wildman–Crippen LogP) is 3.19. The molecule has 5 nitrogen and oxygen atoms in total. The molecule has 0 aromatic heterocycles. The van der Waals surface area contributed by atoms with Gasteiger partial charge in [0.2, 0.25) is 0 Å². The Hall–Kier alpha value is -2.48. The van der Waals surface area contributed by atoms with E-state index in [1.165, 1.54) is 6.07 Å². The fourth-order valence-electron chi connectivity index (χ4n) is 3.83. The van der Waals surface area contributed by atoms with E-state index in [9.17, 15) is 36.2 Å². The van der Waals surface area contributed by atoms with Crippen LogP contribution in [-0.4, -0.2) is 46.9 Å². The monoisotopic (exact) mass is 393 g/mol. The van der Waals surface area contributed by atoms with Crippen LogP contribution in [-0.2, 0) is 6.18 Å². The van der Waals surface area contributed by atoms with E-state index in [1.807, 2.05) is 0 Å². The molecular formula is C16H13F6N3O2. The maximum atomic E-state index is 13.7. The fraction of sp³-hybridized carbons (Fsp3) is 0.500. The molecule has 2 aliphatic heterocycles.